The summed E-state index contributed by atoms with van der Waals surface area (Å²) in [7, 11) is -2.31. The number of hydrazone groups is 1. The molecule has 0 heterocycles. The Morgan fingerprint density at radius 2 is 1.78 bits per heavy atom. The molecule has 0 aliphatic carbocycles. The Labute approximate surface area is 163 Å². The van der Waals surface area contributed by atoms with Crippen LogP contribution >= 0.6 is 11.6 Å². The van der Waals surface area contributed by atoms with Crippen molar-refractivity contribution >= 4 is 27.8 Å². The minimum Gasteiger partial charge on any atom is -0.494 e. The predicted molar refractivity (Wildman–Crippen MR) is 105 cm³/mol. The van der Waals surface area contributed by atoms with Crippen LogP contribution in [0.3, 0.4) is 0 Å². The molecule has 0 aliphatic heterocycles. The fourth-order valence-electron chi connectivity index (χ4n) is 2.20. The van der Waals surface area contributed by atoms with Crippen LogP contribution in [-0.4, -0.2) is 35.0 Å². The van der Waals surface area contributed by atoms with Gasteiger partial charge in [0.1, 0.15) is 5.75 Å². The van der Waals surface area contributed by atoms with Gasteiger partial charge in [0.15, 0.2) is 11.5 Å². The van der Waals surface area contributed by atoms with Gasteiger partial charge in [0.25, 0.3) is 10.0 Å². The lowest BCUT2D eigenvalue weighted by molar-refractivity contribution is 0.311. The number of benzene rings is 2. The van der Waals surface area contributed by atoms with E-state index >= 15 is 0 Å². The molecule has 0 bridgehead atoms. The van der Waals surface area contributed by atoms with Gasteiger partial charge < -0.3 is 14.2 Å². The van der Waals surface area contributed by atoms with Crippen LogP contribution in [-0.2, 0) is 10.0 Å². The second-order valence-corrected chi connectivity index (χ2v) is 7.29. The zero-order chi connectivity index (χ0) is 19.9. The van der Waals surface area contributed by atoms with Crippen molar-refractivity contribution in [2.24, 2.45) is 5.10 Å². The van der Waals surface area contributed by atoms with Crippen molar-refractivity contribution in [3.8, 4) is 17.2 Å². The molecule has 7 nitrogen and oxygen atoms in total. The van der Waals surface area contributed by atoms with E-state index in [0.29, 0.717) is 41.0 Å². The molecule has 9 heteroatoms. The summed E-state index contributed by atoms with van der Waals surface area (Å²) in [6, 6.07) is 9.30. The van der Waals surface area contributed by atoms with Crippen molar-refractivity contribution in [3.05, 3.63) is 47.0 Å². The van der Waals surface area contributed by atoms with Crippen LogP contribution in [0.25, 0.3) is 0 Å². The molecule has 0 radical (unpaired) electrons. The first-order valence-electron chi connectivity index (χ1n) is 8.19. The number of hydrogen-bond acceptors (Lipinski definition) is 6. The second kappa shape index (κ2) is 9.48. The lowest BCUT2D eigenvalue weighted by atomic mass is 10.2. The van der Waals surface area contributed by atoms with Gasteiger partial charge in [0.05, 0.1) is 36.5 Å². The number of nitrogens with one attached hydrogen (secondary N) is 1. The highest BCUT2D eigenvalue weighted by atomic mass is 35.5. The summed E-state index contributed by atoms with van der Waals surface area (Å²) in [5.41, 5.74) is 0.551. The van der Waals surface area contributed by atoms with E-state index in [2.05, 4.69) is 9.93 Å². The maximum absolute atomic E-state index is 12.3. The molecule has 0 saturated carbocycles. The standard InChI is InChI=1S/C18H21ClN2O5S/c1-4-25-14-6-8-15(9-7-14)27(22,23)21-20-12-13-10-16(19)18(26-5-2)17(11-13)24-3/h6-12,21H,4-5H2,1-3H3/b20-12+. The van der Waals surface area contributed by atoms with Crippen LogP contribution in [0, 0.1) is 0 Å². The van der Waals surface area contributed by atoms with Crippen molar-refractivity contribution in [2.45, 2.75) is 18.7 Å². The maximum atomic E-state index is 12.3. The molecule has 1 N–H and O–H groups in total. The van der Waals surface area contributed by atoms with E-state index in [0.717, 1.165) is 0 Å². The molecule has 0 unspecified atom stereocenters. The van der Waals surface area contributed by atoms with Crippen LogP contribution in [0.2, 0.25) is 5.02 Å². The molecule has 0 amide bonds. The summed E-state index contributed by atoms with van der Waals surface area (Å²) in [5.74, 6) is 1.45. The van der Waals surface area contributed by atoms with Crippen molar-refractivity contribution in [2.75, 3.05) is 20.3 Å². The third-order valence-corrected chi connectivity index (χ3v) is 4.89. The van der Waals surface area contributed by atoms with E-state index in [9.17, 15) is 8.42 Å². The van der Waals surface area contributed by atoms with Gasteiger partial charge in [-0.1, -0.05) is 11.6 Å². The number of rotatable bonds is 9. The number of methoxy groups -OCH3 is 1. The summed E-state index contributed by atoms with van der Waals surface area (Å²) in [4.78, 5) is 2.23. The molecule has 0 aliphatic rings. The van der Waals surface area contributed by atoms with E-state index in [1.54, 1.807) is 24.3 Å². The number of sulfonamides is 1. The molecular formula is C18H21ClN2O5S. The Kier molecular flexibility index (Phi) is 7.32. The normalized spacial score (nSPS) is 11.4. The molecule has 0 spiro atoms. The predicted octanol–water partition coefficient (Wildman–Crippen LogP) is 3.46. The van der Waals surface area contributed by atoms with Gasteiger partial charge in [0, 0.05) is 0 Å². The molecule has 27 heavy (non-hydrogen) atoms. The van der Waals surface area contributed by atoms with Gasteiger partial charge in [-0.2, -0.15) is 13.5 Å². The molecule has 2 rings (SSSR count). The molecule has 0 atom stereocenters. The van der Waals surface area contributed by atoms with Crippen molar-refractivity contribution in [1.29, 1.82) is 0 Å². The van der Waals surface area contributed by atoms with Crippen LogP contribution in [0.5, 0.6) is 17.2 Å². The van der Waals surface area contributed by atoms with Crippen LogP contribution in [0.4, 0.5) is 0 Å². The molecule has 0 fully saturated rings. The zero-order valence-corrected chi connectivity index (χ0v) is 16.8. The monoisotopic (exact) mass is 412 g/mol. The molecular weight excluding hydrogens is 392 g/mol. The van der Waals surface area contributed by atoms with Crippen molar-refractivity contribution in [1.82, 2.24) is 4.83 Å². The van der Waals surface area contributed by atoms with Gasteiger partial charge in [-0.15, -0.1) is 0 Å². The fourth-order valence-corrected chi connectivity index (χ4v) is 3.27. The fraction of sp³-hybridized carbons (Fsp3) is 0.278. The minimum absolute atomic E-state index is 0.0745. The number of halogens is 1. The average Bonchev–Trinajstić information content (AvgIpc) is 2.64. The van der Waals surface area contributed by atoms with Gasteiger partial charge >= 0.3 is 0 Å². The minimum atomic E-state index is -3.80. The summed E-state index contributed by atoms with van der Waals surface area (Å²) >= 11 is 6.18. The number of ether oxygens (including phenoxy) is 3. The lowest BCUT2D eigenvalue weighted by Crippen LogP contribution is -2.18. The first kappa shape index (κ1) is 20.9. The topological polar surface area (TPSA) is 86.2 Å². The largest absolute Gasteiger partial charge is 0.494 e. The molecule has 2 aromatic rings. The van der Waals surface area contributed by atoms with Crippen LogP contribution in [0.15, 0.2) is 46.4 Å². The Hall–Kier alpha value is -2.45. The highest BCUT2D eigenvalue weighted by Crippen LogP contribution is 2.35. The van der Waals surface area contributed by atoms with Crippen LogP contribution in [0.1, 0.15) is 19.4 Å². The van der Waals surface area contributed by atoms with Crippen LogP contribution < -0.4 is 19.0 Å². The summed E-state index contributed by atoms with van der Waals surface area (Å²) in [5, 5.41) is 4.13. The van der Waals surface area contributed by atoms with E-state index in [1.165, 1.54) is 25.5 Å². The highest BCUT2D eigenvalue weighted by molar-refractivity contribution is 7.89. The summed E-state index contributed by atoms with van der Waals surface area (Å²) in [6.07, 6.45) is 1.33. The third-order valence-electron chi connectivity index (χ3n) is 3.37. The van der Waals surface area contributed by atoms with Gasteiger partial charge in [-0.25, -0.2) is 4.83 Å². The average molecular weight is 413 g/mol. The molecule has 0 aromatic heterocycles. The Bertz CT molecular complexity index is 899. The third kappa shape index (κ3) is 5.51. The smallest absolute Gasteiger partial charge is 0.276 e. The zero-order valence-electron chi connectivity index (χ0n) is 15.2. The first-order valence-corrected chi connectivity index (χ1v) is 10.1. The first-order chi connectivity index (χ1) is 12.9. The SMILES string of the molecule is CCOc1ccc(S(=O)(=O)N/N=C/c2cc(Cl)c(OCC)c(OC)c2)cc1. The number of hydrogen-bond donors (Lipinski definition) is 1. The quantitative estimate of drug-likeness (QED) is 0.503. The van der Waals surface area contributed by atoms with Crippen molar-refractivity contribution < 1.29 is 22.6 Å². The summed E-state index contributed by atoms with van der Waals surface area (Å²) in [6.45, 7) is 4.62. The van der Waals surface area contributed by atoms with E-state index < -0.39 is 10.0 Å². The van der Waals surface area contributed by atoms with Crippen molar-refractivity contribution in [3.63, 3.8) is 0 Å². The highest BCUT2D eigenvalue weighted by Gasteiger charge is 2.13. The maximum Gasteiger partial charge on any atom is 0.276 e. The van der Waals surface area contributed by atoms with E-state index in [4.69, 9.17) is 25.8 Å². The van der Waals surface area contributed by atoms with Gasteiger partial charge in [-0.3, -0.25) is 0 Å². The Morgan fingerprint density at radius 3 is 2.37 bits per heavy atom. The molecule has 146 valence electrons. The summed E-state index contributed by atoms with van der Waals surface area (Å²) < 4.78 is 40.5. The van der Waals surface area contributed by atoms with E-state index in [1.807, 2.05) is 13.8 Å². The number of nitrogens with zero attached hydrogens (tertiary/aromatic N) is 1. The lowest BCUT2D eigenvalue weighted by Gasteiger charge is -2.11. The molecule has 0 saturated heterocycles. The second-order valence-electron chi connectivity index (χ2n) is 5.22. The van der Waals surface area contributed by atoms with Gasteiger partial charge in [-0.05, 0) is 55.8 Å². The van der Waals surface area contributed by atoms with E-state index in [-0.39, 0.29) is 4.90 Å². The van der Waals surface area contributed by atoms with Gasteiger partial charge in [0.2, 0.25) is 0 Å². The Morgan fingerprint density at radius 1 is 1.11 bits per heavy atom. The Balaban J connectivity index is 2.15. The molecule has 2 aromatic carbocycles.